The molecule has 1 aliphatic rings. The molecule has 38 heavy (non-hydrogen) atoms. The lowest BCUT2D eigenvalue weighted by Gasteiger charge is -2.25. The molecule has 2 N–H and O–H groups in total. The van der Waals surface area contributed by atoms with E-state index in [0.29, 0.717) is 11.6 Å². The van der Waals surface area contributed by atoms with Crippen molar-refractivity contribution in [3.05, 3.63) is 101 Å². The molecule has 1 aliphatic carbocycles. The van der Waals surface area contributed by atoms with Crippen LogP contribution in [0.2, 0.25) is 0 Å². The van der Waals surface area contributed by atoms with Gasteiger partial charge in [0.15, 0.2) is 0 Å². The molecule has 0 aliphatic heterocycles. The Kier molecular flexibility index (Phi) is 6.66. The van der Waals surface area contributed by atoms with Crippen LogP contribution in [0, 0.1) is 0 Å². The number of rotatable bonds is 5. The van der Waals surface area contributed by atoms with E-state index >= 15 is 0 Å². The Bertz CT molecular complexity index is 1480. The van der Waals surface area contributed by atoms with Gasteiger partial charge in [0, 0.05) is 11.3 Å². The molecule has 0 atom stereocenters. The number of nitrogens with zero attached hydrogens (tertiary/aromatic N) is 3. The van der Waals surface area contributed by atoms with E-state index in [1.54, 1.807) is 10.9 Å². The molecule has 4 aromatic rings. The van der Waals surface area contributed by atoms with E-state index in [1.807, 2.05) is 66.9 Å². The number of aromatic nitrogens is 2. The first-order valence-corrected chi connectivity index (χ1v) is 13.1. The Morgan fingerprint density at radius 1 is 1.00 bits per heavy atom. The number of hydrogen-bond donors (Lipinski definition) is 2. The summed E-state index contributed by atoms with van der Waals surface area (Å²) in [6.45, 7) is 11.4. The topological polar surface area (TPSA) is 71.3 Å². The molecule has 0 radical (unpaired) electrons. The minimum Gasteiger partial charge on any atom is -0.308 e. The van der Waals surface area contributed by atoms with Crippen molar-refractivity contribution in [3.63, 3.8) is 0 Å². The summed E-state index contributed by atoms with van der Waals surface area (Å²) in [5.41, 5.74) is 7.67. The molecular weight excluding hydrogens is 470 g/mol. The van der Waals surface area contributed by atoms with Crippen molar-refractivity contribution in [2.75, 3.05) is 10.6 Å². The highest BCUT2D eigenvalue weighted by molar-refractivity contribution is 5.99. The van der Waals surface area contributed by atoms with Crippen molar-refractivity contribution in [2.45, 2.75) is 58.3 Å². The molecule has 0 bridgehead atoms. The molecule has 0 saturated carbocycles. The summed E-state index contributed by atoms with van der Waals surface area (Å²) in [7, 11) is 0. The normalized spacial score (nSPS) is 14.4. The van der Waals surface area contributed by atoms with Crippen LogP contribution in [0.15, 0.2) is 84.1 Å². The van der Waals surface area contributed by atoms with Crippen molar-refractivity contribution >= 4 is 23.9 Å². The molecule has 194 valence electrons. The number of imidazole rings is 1. The molecule has 0 spiro atoms. The van der Waals surface area contributed by atoms with Crippen LogP contribution in [0.1, 0.15) is 63.3 Å². The third-order valence-corrected chi connectivity index (χ3v) is 7.20. The van der Waals surface area contributed by atoms with E-state index in [0.717, 1.165) is 29.7 Å². The van der Waals surface area contributed by atoms with Crippen molar-refractivity contribution in [1.29, 1.82) is 0 Å². The molecule has 6 nitrogen and oxygen atoms in total. The lowest BCUT2D eigenvalue weighted by Crippen LogP contribution is -2.21. The zero-order valence-electron chi connectivity index (χ0n) is 22.7. The fourth-order valence-corrected chi connectivity index (χ4v) is 4.91. The summed E-state index contributed by atoms with van der Waals surface area (Å²) in [5, 5.41) is 10.4. The van der Waals surface area contributed by atoms with Gasteiger partial charge in [-0.2, -0.15) is 5.10 Å². The highest BCUT2D eigenvalue weighted by atomic mass is 16.2. The SMILES string of the molecule is CC(C)(C)c1cc(-c2cn(N=Cc3ccccc3)c(NC(=O)Nc3ccccc3)n2)c2c(c1)C(C)(C)CC2. The summed E-state index contributed by atoms with van der Waals surface area (Å²) in [4.78, 5) is 17.8. The molecule has 1 heterocycles. The van der Waals surface area contributed by atoms with E-state index in [-0.39, 0.29) is 16.9 Å². The van der Waals surface area contributed by atoms with Crippen molar-refractivity contribution in [2.24, 2.45) is 5.10 Å². The molecular formula is C32H35N5O. The third kappa shape index (κ3) is 5.40. The van der Waals surface area contributed by atoms with Crippen LogP contribution in [0.25, 0.3) is 11.3 Å². The monoisotopic (exact) mass is 505 g/mol. The number of anilines is 2. The Morgan fingerprint density at radius 3 is 2.37 bits per heavy atom. The fourth-order valence-electron chi connectivity index (χ4n) is 4.91. The van der Waals surface area contributed by atoms with Gasteiger partial charge in [-0.1, -0.05) is 89.2 Å². The molecule has 0 saturated heterocycles. The maximum atomic E-state index is 12.9. The van der Waals surface area contributed by atoms with Gasteiger partial charge in [-0.15, -0.1) is 0 Å². The predicted molar refractivity (Wildman–Crippen MR) is 156 cm³/mol. The molecule has 1 aromatic heterocycles. The number of amides is 2. The van der Waals surface area contributed by atoms with Gasteiger partial charge >= 0.3 is 6.03 Å². The van der Waals surface area contributed by atoms with Crippen LogP contribution in [0.5, 0.6) is 0 Å². The molecule has 2 amide bonds. The molecule has 0 unspecified atom stereocenters. The maximum Gasteiger partial charge on any atom is 0.326 e. The number of carbonyl (C=O) groups excluding carboxylic acids is 1. The van der Waals surface area contributed by atoms with Gasteiger partial charge in [0.2, 0.25) is 5.95 Å². The summed E-state index contributed by atoms with van der Waals surface area (Å²) in [5.74, 6) is 0.354. The van der Waals surface area contributed by atoms with Gasteiger partial charge in [-0.05, 0) is 64.1 Å². The fraction of sp³-hybridized carbons (Fsp3) is 0.281. The van der Waals surface area contributed by atoms with E-state index in [4.69, 9.17) is 4.98 Å². The summed E-state index contributed by atoms with van der Waals surface area (Å²) < 4.78 is 1.64. The second-order valence-electron chi connectivity index (χ2n) is 11.6. The molecule has 0 fully saturated rings. The first-order chi connectivity index (χ1) is 18.1. The second-order valence-corrected chi connectivity index (χ2v) is 11.6. The van der Waals surface area contributed by atoms with Gasteiger partial charge < -0.3 is 5.32 Å². The minimum absolute atomic E-state index is 0.00682. The van der Waals surface area contributed by atoms with Crippen LogP contribution in [-0.2, 0) is 17.3 Å². The number of para-hydroxylation sites is 1. The highest BCUT2D eigenvalue weighted by Gasteiger charge is 2.34. The van der Waals surface area contributed by atoms with Gasteiger partial charge in [0.1, 0.15) is 0 Å². The van der Waals surface area contributed by atoms with Gasteiger partial charge in [-0.25, -0.2) is 14.5 Å². The van der Waals surface area contributed by atoms with Gasteiger partial charge in [0.25, 0.3) is 0 Å². The number of nitrogens with one attached hydrogen (secondary N) is 2. The van der Waals surface area contributed by atoms with E-state index in [2.05, 4.69) is 62.5 Å². The molecule has 5 rings (SSSR count). The second kappa shape index (κ2) is 9.93. The highest BCUT2D eigenvalue weighted by Crippen LogP contribution is 2.45. The number of carbonyl (C=O) groups is 1. The lowest BCUT2D eigenvalue weighted by atomic mass is 9.79. The Labute approximate surface area is 224 Å². The number of urea groups is 1. The lowest BCUT2D eigenvalue weighted by molar-refractivity contribution is 0.262. The molecule has 3 aromatic carbocycles. The minimum atomic E-state index is -0.376. The van der Waals surface area contributed by atoms with Crippen molar-refractivity contribution in [3.8, 4) is 11.3 Å². The standard InChI is InChI=1S/C32H35N5O/c1-31(2,3)23-18-26(25-16-17-32(4,5)27(25)19-23)28-21-37(33-20-22-12-8-6-9-13-22)29(35-28)36-30(38)34-24-14-10-7-11-15-24/h6-15,18-21H,16-17H2,1-5H3,(H2,34,35,36,38). The maximum absolute atomic E-state index is 12.9. The van der Waals surface area contributed by atoms with Crippen LogP contribution in [-0.4, -0.2) is 21.9 Å². The predicted octanol–water partition coefficient (Wildman–Crippen LogP) is 7.60. The summed E-state index contributed by atoms with van der Waals surface area (Å²) >= 11 is 0. The van der Waals surface area contributed by atoms with Crippen LogP contribution >= 0.6 is 0 Å². The van der Waals surface area contributed by atoms with E-state index < -0.39 is 0 Å². The Morgan fingerprint density at radius 2 is 1.68 bits per heavy atom. The smallest absolute Gasteiger partial charge is 0.308 e. The first-order valence-electron chi connectivity index (χ1n) is 13.1. The van der Waals surface area contributed by atoms with Crippen molar-refractivity contribution < 1.29 is 4.79 Å². The third-order valence-electron chi connectivity index (χ3n) is 7.20. The quantitative estimate of drug-likeness (QED) is 0.274. The summed E-state index contributed by atoms with van der Waals surface area (Å²) in [6.07, 6.45) is 5.77. The van der Waals surface area contributed by atoms with Crippen LogP contribution in [0.4, 0.5) is 16.4 Å². The zero-order chi connectivity index (χ0) is 26.9. The Balaban J connectivity index is 1.57. The van der Waals surface area contributed by atoms with Crippen molar-refractivity contribution in [1.82, 2.24) is 9.66 Å². The van der Waals surface area contributed by atoms with Crippen LogP contribution in [0.3, 0.4) is 0 Å². The average molecular weight is 506 g/mol. The van der Waals surface area contributed by atoms with E-state index in [1.165, 1.54) is 16.7 Å². The first kappa shape index (κ1) is 25.5. The Hall–Kier alpha value is -4.19. The number of fused-ring (bicyclic) bond motifs is 1. The van der Waals surface area contributed by atoms with Gasteiger partial charge in [0.05, 0.1) is 18.1 Å². The average Bonchev–Trinajstić information content (AvgIpc) is 3.42. The summed E-state index contributed by atoms with van der Waals surface area (Å²) in [6, 6.07) is 23.5. The zero-order valence-corrected chi connectivity index (χ0v) is 22.7. The number of benzene rings is 3. The largest absolute Gasteiger partial charge is 0.326 e. The van der Waals surface area contributed by atoms with Gasteiger partial charge in [-0.3, -0.25) is 5.32 Å². The van der Waals surface area contributed by atoms with E-state index in [9.17, 15) is 4.79 Å². The molecule has 6 heteroatoms. The number of hydrogen-bond acceptors (Lipinski definition) is 3. The van der Waals surface area contributed by atoms with Crippen LogP contribution < -0.4 is 10.6 Å².